The maximum Gasteiger partial charge on any atom is 0.147 e. The van der Waals surface area contributed by atoms with Gasteiger partial charge in [-0.3, -0.25) is 0 Å². The van der Waals surface area contributed by atoms with Crippen molar-refractivity contribution in [2.24, 2.45) is 0 Å². The first kappa shape index (κ1) is 17.4. The van der Waals surface area contributed by atoms with Crippen molar-refractivity contribution in [3.8, 4) is 0 Å². The maximum absolute atomic E-state index is 5.47. The second-order valence-corrected chi connectivity index (χ2v) is 4.53. The fraction of sp³-hybridized carbons (Fsp3) is 0.733. The summed E-state index contributed by atoms with van der Waals surface area (Å²) in [7, 11) is 1.66. The molecule has 0 radical (unpaired) electrons. The van der Waals surface area contributed by atoms with E-state index in [2.05, 4.69) is 34.6 Å². The van der Waals surface area contributed by atoms with E-state index < -0.39 is 0 Å². The Balaban J connectivity index is 4.10. The zero-order valence-electron chi connectivity index (χ0n) is 12.8. The third-order valence-corrected chi connectivity index (χ3v) is 3.29. The molecule has 0 spiro atoms. The van der Waals surface area contributed by atoms with Gasteiger partial charge >= 0.3 is 0 Å². The molecule has 0 fully saturated rings. The highest BCUT2D eigenvalue weighted by Gasteiger charge is 2.02. The second-order valence-electron chi connectivity index (χ2n) is 4.53. The first-order valence-corrected chi connectivity index (χ1v) is 6.52. The minimum absolute atomic E-state index is 0.323. The normalized spacial score (nSPS) is 14.3. The predicted molar refractivity (Wildman–Crippen MR) is 75.7 cm³/mol. The van der Waals surface area contributed by atoms with E-state index in [-0.39, 0.29) is 0 Å². The van der Waals surface area contributed by atoms with Gasteiger partial charge in [0.05, 0.1) is 19.8 Å². The summed E-state index contributed by atoms with van der Waals surface area (Å²) in [4.78, 5) is 0. The summed E-state index contributed by atoms with van der Waals surface area (Å²) in [5, 5.41) is 0. The van der Waals surface area contributed by atoms with Gasteiger partial charge in [-0.15, -0.1) is 0 Å². The molecule has 0 aliphatic rings. The van der Waals surface area contributed by atoms with Gasteiger partial charge in [0.1, 0.15) is 6.79 Å². The minimum Gasteiger partial charge on any atom is -0.382 e. The van der Waals surface area contributed by atoms with Crippen molar-refractivity contribution >= 4 is 0 Å². The molecule has 3 nitrogen and oxygen atoms in total. The van der Waals surface area contributed by atoms with Gasteiger partial charge in [-0.25, -0.2) is 0 Å². The molecule has 0 aliphatic heterocycles. The van der Waals surface area contributed by atoms with Crippen molar-refractivity contribution < 1.29 is 14.2 Å². The SMILES string of the molecule is CC/C(C)=C(C)/C(C)=C(\C)COCOCCOC. The van der Waals surface area contributed by atoms with Crippen LogP contribution in [0.15, 0.2) is 22.3 Å². The highest BCUT2D eigenvalue weighted by atomic mass is 16.7. The first-order valence-electron chi connectivity index (χ1n) is 6.52. The van der Waals surface area contributed by atoms with Crippen molar-refractivity contribution in [3.63, 3.8) is 0 Å². The van der Waals surface area contributed by atoms with Crippen LogP contribution in [0.2, 0.25) is 0 Å². The van der Waals surface area contributed by atoms with Gasteiger partial charge in [0.25, 0.3) is 0 Å². The Morgan fingerprint density at radius 3 is 2.00 bits per heavy atom. The van der Waals surface area contributed by atoms with Crippen LogP contribution in [0, 0.1) is 0 Å². The molecule has 0 amide bonds. The summed E-state index contributed by atoms with van der Waals surface area (Å²) < 4.78 is 15.6. The topological polar surface area (TPSA) is 27.7 Å². The fourth-order valence-electron chi connectivity index (χ4n) is 1.47. The minimum atomic E-state index is 0.323. The first-order chi connectivity index (χ1) is 8.54. The summed E-state index contributed by atoms with van der Waals surface area (Å²) in [5.41, 5.74) is 5.39. The van der Waals surface area contributed by atoms with Crippen LogP contribution in [0.5, 0.6) is 0 Å². The number of methoxy groups -OCH3 is 1. The maximum atomic E-state index is 5.47. The van der Waals surface area contributed by atoms with Crippen molar-refractivity contribution in [3.05, 3.63) is 22.3 Å². The van der Waals surface area contributed by atoms with Crippen LogP contribution in [0.4, 0.5) is 0 Å². The lowest BCUT2D eigenvalue weighted by Crippen LogP contribution is -2.07. The number of hydrogen-bond donors (Lipinski definition) is 0. The van der Waals surface area contributed by atoms with Crippen LogP contribution in [0.3, 0.4) is 0 Å². The lowest BCUT2D eigenvalue weighted by Gasteiger charge is -2.12. The molecule has 18 heavy (non-hydrogen) atoms. The molecule has 0 saturated carbocycles. The predicted octanol–water partition coefficient (Wildman–Crippen LogP) is 3.71. The quantitative estimate of drug-likeness (QED) is 0.357. The fourth-order valence-corrected chi connectivity index (χ4v) is 1.47. The van der Waals surface area contributed by atoms with Crippen molar-refractivity contribution in [2.45, 2.75) is 41.0 Å². The molecular weight excluding hydrogens is 228 g/mol. The molecule has 3 heteroatoms. The molecule has 0 N–H and O–H groups in total. The molecule has 0 heterocycles. The third-order valence-electron chi connectivity index (χ3n) is 3.29. The van der Waals surface area contributed by atoms with Crippen LogP contribution in [-0.4, -0.2) is 33.7 Å². The summed E-state index contributed by atoms with van der Waals surface area (Å²) in [5.74, 6) is 0. The largest absolute Gasteiger partial charge is 0.382 e. The van der Waals surface area contributed by atoms with Gasteiger partial charge in [0, 0.05) is 7.11 Å². The molecule has 0 aliphatic carbocycles. The van der Waals surface area contributed by atoms with Crippen LogP contribution >= 0.6 is 0 Å². The van der Waals surface area contributed by atoms with E-state index in [1.165, 1.54) is 22.3 Å². The van der Waals surface area contributed by atoms with Gasteiger partial charge in [-0.2, -0.15) is 0 Å². The number of hydrogen-bond acceptors (Lipinski definition) is 3. The van der Waals surface area contributed by atoms with E-state index in [1.807, 2.05) is 0 Å². The Kier molecular flexibility index (Phi) is 9.93. The molecule has 0 saturated heterocycles. The Morgan fingerprint density at radius 2 is 1.44 bits per heavy atom. The van der Waals surface area contributed by atoms with Crippen molar-refractivity contribution in [1.29, 1.82) is 0 Å². The van der Waals surface area contributed by atoms with E-state index in [4.69, 9.17) is 14.2 Å². The van der Waals surface area contributed by atoms with E-state index in [1.54, 1.807) is 7.11 Å². The third kappa shape index (κ3) is 6.94. The molecule has 106 valence electrons. The Morgan fingerprint density at radius 1 is 0.833 bits per heavy atom. The molecule has 0 rings (SSSR count). The summed E-state index contributed by atoms with van der Waals surface area (Å²) >= 11 is 0. The van der Waals surface area contributed by atoms with Crippen molar-refractivity contribution in [1.82, 2.24) is 0 Å². The second kappa shape index (κ2) is 10.3. The summed E-state index contributed by atoms with van der Waals surface area (Å²) in [6.07, 6.45) is 1.09. The zero-order chi connectivity index (χ0) is 14.0. The Labute approximate surface area is 112 Å². The Hall–Kier alpha value is -0.640. The van der Waals surface area contributed by atoms with E-state index in [9.17, 15) is 0 Å². The molecule has 0 aromatic heterocycles. The van der Waals surface area contributed by atoms with E-state index >= 15 is 0 Å². The van der Waals surface area contributed by atoms with Crippen LogP contribution in [0.25, 0.3) is 0 Å². The lowest BCUT2D eigenvalue weighted by molar-refractivity contribution is -0.0589. The van der Waals surface area contributed by atoms with Gasteiger partial charge in [0.2, 0.25) is 0 Å². The smallest absolute Gasteiger partial charge is 0.147 e. The van der Waals surface area contributed by atoms with Gasteiger partial charge in [-0.1, -0.05) is 12.5 Å². The van der Waals surface area contributed by atoms with Crippen LogP contribution < -0.4 is 0 Å². The highest BCUT2D eigenvalue weighted by Crippen LogP contribution is 2.19. The standard InChI is InChI=1S/C15H28O3/c1-7-12(2)14(4)15(5)13(3)10-18-11-17-9-8-16-6/h7-11H2,1-6H3/b14-12+,15-13+. The van der Waals surface area contributed by atoms with Gasteiger partial charge in [-0.05, 0) is 50.8 Å². The zero-order valence-corrected chi connectivity index (χ0v) is 12.8. The van der Waals surface area contributed by atoms with E-state index in [0.29, 0.717) is 26.6 Å². The summed E-state index contributed by atoms with van der Waals surface area (Å²) in [6, 6.07) is 0. The summed E-state index contributed by atoms with van der Waals surface area (Å²) in [6.45, 7) is 12.9. The van der Waals surface area contributed by atoms with Gasteiger partial charge < -0.3 is 14.2 Å². The monoisotopic (exact) mass is 256 g/mol. The highest BCUT2D eigenvalue weighted by molar-refractivity contribution is 5.34. The lowest BCUT2D eigenvalue weighted by atomic mass is 9.98. The Bertz CT molecular complexity index is 290. The molecule has 0 unspecified atom stereocenters. The molecule has 0 aromatic rings. The molecule has 0 aromatic carbocycles. The van der Waals surface area contributed by atoms with E-state index in [0.717, 1.165) is 6.42 Å². The number of allylic oxidation sites excluding steroid dienone is 3. The molecular formula is C15H28O3. The number of ether oxygens (including phenoxy) is 3. The van der Waals surface area contributed by atoms with Crippen molar-refractivity contribution in [2.75, 3.05) is 33.7 Å². The van der Waals surface area contributed by atoms with Crippen LogP contribution in [0.1, 0.15) is 41.0 Å². The van der Waals surface area contributed by atoms with Gasteiger partial charge in [0.15, 0.2) is 0 Å². The number of rotatable bonds is 9. The molecule has 0 bridgehead atoms. The molecule has 0 atom stereocenters. The average Bonchev–Trinajstić information content (AvgIpc) is 2.39. The van der Waals surface area contributed by atoms with Crippen LogP contribution in [-0.2, 0) is 14.2 Å². The average molecular weight is 256 g/mol.